The van der Waals surface area contributed by atoms with Crippen LogP contribution >= 0.6 is 12.2 Å². The quantitative estimate of drug-likeness (QED) is 0.285. The van der Waals surface area contributed by atoms with Crippen LogP contribution in [0.5, 0.6) is 0 Å². The van der Waals surface area contributed by atoms with Crippen molar-refractivity contribution in [1.29, 1.82) is 0 Å². The summed E-state index contributed by atoms with van der Waals surface area (Å²) in [5, 5.41) is 9.54. The Kier molecular flexibility index (Phi) is 6.40. The van der Waals surface area contributed by atoms with Gasteiger partial charge in [0.25, 0.3) is 0 Å². The van der Waals surface area contributed by atoms with Gasteiger partial charge in [-0.1, -0.05) is 24.0 Å². The summed E-state index contributed by atoms with van der Waals surface area (Å²) in [4.78, 5) is 11.6. The zero-order valence-corrected chi connectivity index (χ0v) is 16.2. The molecule has 0 saturated carbocycles. The van der Waals surface area contributed by atoms with Crippen molar-refractivity contribution in [2.24, 2.45) is 0 Å². The first-order valence-electron chi connectivity index (χ1n) is 8.43. The Morgan fingerprint density at radius 3 is 2.57 bits per heavy atom. The van der Waals surface area contributed by atoms with E-state index in [2.05, 4.69) is 17.3 Å². The Morgan fingerprint density at radius 1 is 1.11 bits per heavy atom. The molecular formula is C21H19N3O3S. The van der Waals surface area contributed by atoms with Gasteiger partial charge in [-0.2, -0.15) is 4.28 Å². The lowest BCUT2D eigenvalue weighted by Gasteiger charge is -2.10. The minimum absolute atomic E-state index is 0.201. The highest BCUT2D eigenvalue weighted by molar-refractivity contribution is 7.92. The van der Waals surface area contributed by atoms with Crippen molar-refractivity contribution in [3.05, 3.63) is 83.7 Å². The van der Waals surface area contributed by atoms with E-state index >= 15 is 0 Å². The number of rotatable bonds is 6. The fourth-order valence-corrected chi connectivity index (χ4v) is 2.80. The summed E-state index contributed by atoms with van der Waals surface area (Å²) < 4.78 is 8.86. The monoisotopic (exact) mass is 393 g/mol. The first-order valence-corrected chi connectivity index (χ1v) is 9.13. The predicted molar refractivity (Wildman–Crippen MR) is 111 cm³/mol. The van der Waals surface area contributed by atoms with Crippen LogP contribution in [0.25, 0.3) is 5.69 Å². The summed E-state index contributed by atoms with van der Waals surface area (Å²) in [6, 6.07) is 16.3. The highest BCUT2D eigenvalue weighted by atomic mass is 32.2. The molecule has 0 unspecified atom stereocenters. The van der Waals surface area contributed by atoms with E-state index in [9.17, 15) is 9.90 Å². The molecule has 6 nitrogen and oxygen atoms in total. The Bertz CT molecular complexity index is 1020. The topological polar surface area (TPSA) is 66.7 Å². The molecule has 28 heavy (non-hydrogen) atoms. The number of carboxylic acid groups (broad SMARTS) is 1. The molecule has 1 aromatic heterocycles. The largest absolute Gasteiger partial charge is 0.478 e. The van der Waals surface area contributed by atoms with Crippen LogP contribution in [0.3, 0.4) is 0 Å². The van der Waals surface area contributed by atoms with Crippen LogP contribution in [-0.4, -0.2) is 34.0 Å². The number of hydrogen-bond donors (Lipinski definition) is 2. The SMILES string of the molecule is CN(C)SONc1cccc(C#Cc2cccc(C(=O)O)c2-n2cccc2)c1. The van der Waals surface area contributed by atoms with E-state index in [1.807, 2.05) is 60.9 Å². The Morgan fingerprint density at radius 2 is 1.86 bits per heavy atom. The van der Waals surface area contributed by atoms with Crippen LogP contribution in [0.1, 0.15) is 21.5 Å². The molecule has 2 aromatic carbocycles. The third-order valence-electron chi connectivity index (χ3n) is 3.68. The fourth-order valence-electron chi connectivity index (χ4n) is 2.52. The molecule has 0 amide bonds. The molecule has 0 saturated heterocycles. The maximum Gasteiger partial charge on any atom is 0.337 e. The van der Waals surface area contributed by atoms with Crippen molar-refractivity contribution in [1.82, 2.24) is 8.87 Å². The normalized spacial score (nSPS) is 10.4. The van der Waals surface area contributed by atoms with Crippen LogP contribution in [-0.2, 0) is 4.28 Å². The molecule has 0 radical (unpaired) electrons. The standard InChI is InChI=1S/C21H19N3O3S/c1-23(2)28-27-22-18-9-5-7-16(15-18)11-12-17-8-6-10-19(21(25)26)20(17)24-13-3-4-14-24/h3-10,13-15,22H,1-2H3,(H,25,26). The van der Waals surface area contributed by atoms with Crippen LogP contribution in [0.2, 0.25) is 0 Å². The van der Waals surface area contributed by atoms with Gasteiger partial charge in [-0.3, -0.25) is 5.48 Å². The second-order valence-corrected chi connectivity index (χ2v) is 7.05. The molecule has 0 aliphatic carbocycles. The number of anilines is 1. The lowest BCUT2D eigenvalue weighted by molar-refractivity contribution is 0.0697. The van der Waals surface area contributed by atoms with E-state index in [4.69, 9.17) is 4.28 Å². The molecule has 0 aliphatic rings. The number of aromatic nitrogens is 1. The van der Waals surface area contributed by atoms with Gasteiger partial charge in [-0.15, -0.1) is 0 Å². The number of hydrogen-bond acceptors (Lipinski definition) is 5. The molecule has 1 heterocycles. The Hall–Kier alpha value is -3.18. The lowest BCUT2D eigenvalue weighted by Crippen LogP contribution is -2.06. The molecule has 0 atom stereocenters. The van der Waals surface area contributed by atoms with Crippen molar-refractivity contribution in [3.63, 3.8) is 0 Å². The minimum atomic E-state index is -0.992. The molecule has 0 aliphatic heterocycles. The number of aromatic carboxylic acids is 1. The fraction of sp³-hybridized carbons (Fsp3) is 0.0952. The maximum absolute atomic E-state index is 11.6. The van der Waals surface area contributed by atoms with E-state index in [1.54, 1.807) is 29.1 Å². The number of nitrogens with zero attached hydrogens (tertiary/aromatic N) is 2. The molecule has 0 fully saturated rings. The van der Waals surface area contributed by atoms with E-state index in [0.29, 0.717) is 11.3 Å². The van der Waals surface area contributed by atoms with Gasteiger partial charge in [0.2, 0.25) is 0 Å². The van der Waals surface area contributed by atoms with Crippen molar-refractivity contribution in [3.8, 4) is 17.5 Å². The summed E-state index contributed by atoms with van der Waals surface area (Å²) in [5.74, 6) is 5.21. The number of para-hydroxylation sites is 1. The van der Waals surface area contributed by atoms with Crippen LogP contribution in [0.4, 0.5) is 5.69 Å². The highest BCUT2D eigenvalue weighted by Crippen LogP contribution is 2.20. The molecule has 2 N–H and O–H groups in total. The van der Waals surface area contributed by atoms with E-state index < -0.39 is 5.97 Å². The molecule has 0 bridgehead atoms. The molecule has 7 heteroatoms. The van der Waals surface area contributed by atoms with Gasteiger partial charge in [0, 0.05) is 23.5 Å². The second kappa shape index (κ2) is 9.15. The first kappa shape index (κ1) is 19.6. The molecule has 142 valence electrons. The van der Waals surface area contributed by atoms with Crippen molar-refractivity contribution >= 4 is 23.9 Å². The van der Waals surface area contributed by atoms with Gasteiger partial charge >= 0.3 is 5.97 Å². The molecule has 3 rings (SSSR count). The zero-order chi connectivity index (χ0) is 19.9. The Balaban J connectivity index is 1.91. The zero-order valence-electron chi connectivity index (χ0n) is 15.4. The predicted octanol–water partition coefficient (Wildman–Crippen LogP) is 4.04. The molecule has 3 aromatic rings. The summed E-state index contributed by atoms with van der Waals surface area (Å²) in [7, 11) is 3.75. The van der Waals surface area contributed by atoms with Gasteiger partial charge in [-0.25, -0.2) is 9.10 Å². The summed E-state index contributed by atoms with van der Waals surface area (Å²) in [6.07, 6.45) is 3.61. The highest BCUT2D eigenvalue weighted by Gasteiger charge is 2.14. The Labute approximate surface area is 168 Å². The second-order valence-electron chi connectivity index (χ2n) is 6.00. The van der Waals surface area contributed by atoms with Crippen LogP contribution in [0, 0.1) is 11.8 Å². The van der Waals surface area contributed by atoms with Gasteiger partial charge in [0.05, 0.1) is 16.9 Å². The summed E-state index contributed by atoms with van der Waals surface area (Å²) in [6.45, 7) is 0. The average molecular weight is 393 g/mol. The molecular weight excluding hydrogens is 374 g/mol. The van der Waals surface area contributed by atoms with Crippen molar-refractivity contribution < 1.29 is 14.2 Å². The number of carbonyl (C=O) groups is 1. The van der Waals surface area contributed by atoms with Crippen molar-refractivity contribution in [2.45, 2.75) is 0 Å². The maximum atomic E-state index is 11.6. The van der Waals surface area contributed by atoms with Crippen molar-refractivity contribution in [2.75, 3.05) is 19.6 Å². The smallest absolute Gasteiger partial charge is 0.337 e. The van der Waals surface area contributed by atoms with Gasteiger partial charge in [0.1, 0.15) is 12.2 Å². The van der Waals surface area contributed by atoms with Gasteiger partial charge in [0.15, 0.2) is 0 Å². The van der Waals surface area contributed by atoms with E-state index in [1.165, 1.54) is 12.2 Å². The van der Waals surface area contributed by atoms with E-state index in [-0.39, 0.29) is 5.56 Å². The van der Waals surface area contributed by atoms with E-state index in [0.717, 1.165) is 11.3 Å². The minimum Gasteiger partial charge on any atom is -0.478 e. The van der Waals surface area contributed by atoms with Crippen LogP contribution < -0.4 is 5.48 Å². The first-order chi connectivity index (χ1) is 13.5. The number of carboxylic acids is 1. The van der Waals surface area contributed by atoms with Crippen LogP contribution in [0.15, 0.2) is 67.0 Å². The van der Waals surface area contributed by atoms with Gasteiger partial charge in [-0.05, 0) is 56.6 Å². The summed E-state index contributed by atoms with van der Waals surface area (Å²) in [5.41, 5.74) is 5.78. The average Bonchev–Trinajstić information content (AvgIpc) is 3.20. The number of nitrogens with one attached hydrogen (secondary N) is 1. The van der Waals surface area contributed by atoms with Gasteiger partial charge < -0.3 is 9.67 Å². The summed E-state index contributed by atoms with van der Waals surface area (Å²) >= 11 is 1.17. The third-order valence-corrected chi connectivity index (χ3v) is 4.14. The molecule has 0 spiro atoms. The number of benzene rings is 2. The lowest BCUT2D eigenvalue weighted by atomic mass is 10.1. The third kappa shape index (κ3) is 4.96.